The van der Waals surface area contributed by atoms with Gasteiger partial charge in [-0.15, -0.1) is 0 Å². The highest BCUT2D eigenvalue weighted by atomic mass is 16.7. The maximum Gasteiger partial charge on any atom is 0.340 e. The fourth-order valence-electron chi connectivity index (χ4n) is 2.43. The van der Waals surface area contributed by atoms with Gasteiger partial charge in [-0.05, 0) is 24.0 Å². The first-order valence-corrected chi connectivity index (χ1v) is 6.85. The van der Waals surface area contributed by atoms with Gasteiger partial charge in [-0.2, -0.15) is 5.26 Å². The maximum atomic E-state index is 12.1. The third kappa shape index (κ3) is 2.83. The number of nitriles is 1. The third-order valence-corrected chi connectivity index (χ3v) is 4.21. The lowest BCUT2D eigenvalue weighted by Gasteiger charge is -2.40. The third-order valence-electron chi connectivity index (χ3n) is 4.21. The van der Waals surface area contributed by atoms with E-state index in [0.717, 1.165) is 0 Å². The van der Waals surface area contributed by atoms with Crippen molar-refractivity contribution in [2.24, 2.45) is 17.8 Å². The number of ether oxygens (including phenoxy) is 2. The van der Waals surface area contributed by atoms with Gasteiger partial charge in [-0.25, -0.2) is 4.79 Å². The van der Waals surface area contributed by atoms with Crippen molar-refractivity contribution in [3.63, 3.8) is 0 Å². The molecular weight excluding hydrogens is 254 g/mol. The molecule has 4 heteroatoms. The molecule has 1 saturated heterocycles. The van der Waals surface area contributed by atoms with Crippen LogP contribution < -0.4 is 0 Å². The zero-order valence-electron chi connectivity index (χ0n) is 11.9. The van der Waals surface area contributed by atoms with E-state index in [0.29, 0.717) is 5.56 Å². The zero-order chi connectivity index (χ0) is 14.7. The number of hydrogen-bond donors (Lipinski definition) is 0. The average molecular weight is 273 g/mol. The van der Waals surface area contributed by atoms with Gasteiger partial charge in [0.05, 0.1) is 11.6 Å². The molecule has 0 aromatic heterocycles. The molecule has 1 aliphatic rings. The van der Waals surface area contributed by atoms with E-state index in [9.17, 15) is 4.79 Å². The number of carbonyl (C=O) groups excluding carboxylic acids is 1. The van der Waals surface area contributed by atoms with Crippen LogP contribution in [0.5, 0.6) is 0 Å². The van der Waals surface area contributed by atoms with Crippen LogP contribution in [-0.4, -0.2) is 18.4 Å². The highest BCUT2D eigenvalue weighted by Gasteiger charge is 2.41. The van der Waals surface area contributed by atoms with Crippen molar-refractivity contribution >= 4 is 5.97 Å². The Balaban J connectivity index is 2.09. The van der Waals surface area contributed by atoms with Crippen molar-refractivity contribution in [2.75, 3.05) is 0 Å². The van der Waals surface area contributed by atoms with E-state index in [1.165, 1.54) is 0 Å². The van der Waals surface area contributed by atoms with Crippen LogP contribution in [-0.2, 0) is 9.47 Å². The number of carbonyl (C=O) groups is 1. The smallest absolute Gasteiger partial charge is 0.340 e. The van der Waals surface area contributed by atoms with Crippen LogP contribution in [0.3, 0.4) is 0 Å². The molecule has 4 nitrogen and oxygen atoms in total. The van der Waals surface area contributed by atoms with Gasteiger partial charge < -0.3 is 9.47 Å². The topological polar surface area (TPSA) is 59.3 Å². The van der Waals surface area contributed by atoms with Gasteiger partial charge in [-0.3, -0.25) is 0 Å². The minimum absolute atomic E-state index is 0.0577. The van der Waals surface area contributed by atoms with Crippen LogP contribution in [0.15, 0.2) is 30.3 Å². The number of nitrogens with zero attached hydrogens (tertiary/aromatic N) is 1. The largest absolute Gasteiger partial charge is 0.432 e. The summed E-state index contributed by atoms with van der Waals surface area (Å²) in [6, 6.07) is 10.9. The molecule has 5 atom stereocenters. The zero-order valence-corrected chi connectivity index (χ0v) is 11.9. The molecule has 1 aromatic rings. The number of benzene rings is 1. The monoisotopic (exact) mass is 273 g/mol. The second kappa shape index (κ2) is 6.06. The molecule has 106 valence electrons. The van der Waals surface area contributed by atoms with Gasteiger partial charge in [0.25, 0.3) is 0 Å². The first-order valence-electron chi connectivity index (χ1n) is 6.85. The summed E-state index contributed by atoms with van der Waals surface area (Å²) in [5, 5.41) is 9.12. The Bertz CT molecular complexity index is 508. The SMILES string of the molecule is CC1[C@H](OC(=O)c2ccccc2)OC(C#N)[C@H](C)[C@@H]1C. The Morgan fingerprint density at radius 2 is 1.80 bits per heavy atom. The van der Waals surface area contributed by atoms with Crippen molar-refractivity contribution in [2.45, 2.75) is 33.2 Å². The second-order valence-corrected chi connectivity index (χ2v) is 5.40. The maximum absolute atomic E-state index is 12.1. The summed E-state index contributed by atoms with van der Waals surface area (Å²) in [6.45, 7) is 6.04. The Kier molecular flexibility index (Phi) is 4.41. The summed E-state index contributed by atoms with van der Waals surface area (Å²) in [5.74, 6) is 0.0202. The molecule has 0 spiro atoms. The molecular formula is C16H19NO3. The summed E-state index contributed by atoms with van der Waals surface area (Å²) >= 11 is 0. The van der Waals surface area contributed by atoms with Gasteiger partial charge in [0, 0.05) is 5.92 Å². The summed E-state index contributed by atoms with van der Waals surface area (Å²) in [5.41, 5.74) is 0.489. The van der Waals surface area contributed by atoms with Crippen molar-refractivity contribution in [3.05, 3.63) is 35.9 Å². The molecule has 2 unspecified atom stereocenters. The van der Waals surface area contributed by atoms with Gasteiger partial charge in [0.1, 0.15) is 0 Å². The van der Waals surface area contributed by atoms with Gasteiger partial charge in [0.15, 0.2) is 6.10 Å². The Hall–Kier alpha value is -1.86. The van der Waals surface area contributed by atoms with E-state index >= 15 is 0 Å². The highest BCUT2D eigenvalue weighted by Crippen LogP contribution is 2.35. The molecule has 2 rings (SSSR count). The van der Waals surface area contributed by atoms with Gasteiger partial charge in [0.2, 0.25) is 6.29 Å². The van der Waals surface area contributed by atoms with E-state index < -0.39 is 18.4 Å². The van der Waals surface area contributed by atoms with E-state index in [1.54, 1.807) is 24.3 Å². The van der Waals surface area contributed by atoms with E-state index in [-0.39, 0.29) is 17.8 Å². The summed E-state index contributed by atoms with van der Waals surface area (Å²) in [7, 11) is 0. The second-order valence-electron chi connectivity index (χ2n) is 5.40. The van der Waals surface area contributed by atoms with Gasteiger partial charge >= 0.3 is 5.97 Å². The predicted octanol–water partition coefficient (Wildman–Crippen LogP) is 3.00. The molecule has 0 N–H and O–H groups in total. The lowest BCUT2D eigenvalue weighted by Crippen LogP contribution is -2.46. The molecule has 0 saturated carbocycles. The van der Waals surface area contributed by atoms with Crippen LogP contribution >= 0.6 is 0 Å². The average Bonchev–Trinajstić information content (AvgIpc) is 2.48. The molecule has 0 radical (unpaired) electrons. The normalized spacial score (nSPS) is 33.2. The Morgan fingerprint density at radius 3 is 2.40 bits per heavy atom. The Morgan fingerprint density at radius 1 is 1.15 bits per heavy atom. The van der Waals surface area contributed by atoms with E-state index in [1.807, 2.05) is 19.9 Å². The molecule has 0 aliphatic carbocycles. The summed E-state index contributed by atoms with van der Waals surface area (Å²) in [4.78, 5) is 12.1. The van der Waals surface area contributed by atoms with Crippen LogP contribution in [0.25, 0.3) is 0 Å². The minimum atomic E-state index is -0.668. The molecule has 1 fully saturated rings. The van der Waals surface area contributed by atoms with E-state index in [2.05, 4.69) is 13.0 Å². The highest BCUT2D eigenvalue weighted by molar-refractivity contribution is 5.89. The minimum Gasteiger partial charge on any atom is -0.432 e. The van der Waals surface area contributed by atoms with Crippen molar-refractivity contribution in [1.82, 2.24) is 0 Å². The van der Waals surface area contributed by atoms with Crippen molar-refractivity contribution < 1.29 is 14.3 Å². The molecule has 0 bridgehead atoms. The van der Waals surface area contributed by atoms with Crippen LogP contribution in [0, 0.1) is 29.1 Å². The molecule has 1 aromatic carbocycles. The quantitative estimate of drug-likeness (QED) is 0.777. The first kappa shape index (κ1) is 14.5. The molecule has 0 amide bonds. The van der Waals surface area contributed by atoms with E-state index in [4.69, 9.17) is 14.7 Å². The lowest BCUT2D eigenvalue weighted by molar-refractivity contribution is -0.209. The number of hydrogen-bond acceptors (Lipinski definition) is 4. The number of rotatable bonds is 2. The van der Waals surface area contributed by atoms with Crippen molar-refractivity contribution in [3.8, 4) is 6.07 Å². The fourth-order valence-corrected chi connectivity index (χ4v) is 2.43. The molecule has 1 aliphatic heterocycles. The fraction of sp³-hybridized carbons (Fsp3) is 0.500. The van der Waals surface area contributed by atoms with Crippen LogP contribution in [0.4, 0.5) is 0 Å². The van der Waals surface area contributed by atoms with Gasteiger partial charge in [-0.1, -0.05) is 39.0 Å². The first-order chi connectivity index (χ1) is 9.54. The standard InChI is InChI=1S/C16H19NO3/c1-10-11(2)14(9-17)19-16(12(10)3)20-15(18)13-7-5-4-6-8-13/h4-8,10-12,14,16H,1-3H3/t10-,11+,12?,14?,16-/m0/s1. The predicted molar refractivity (Wildman–Crippen MR) is 73.6 cm³/mol. The summed E-state index contributed by atoms with van der Waals surface area (Å²) in [6.07, 6.45) is -1.20. The number of esters is 1. The van der Waals surface area contributed by atoms with Crippen molar-refractivity contribution in [1.29, 1.82) is 5.26 Å². The molecule has 1 heterocycles. The summed E-state index contributed by atoms with van der Waals surface area (Å²) < 4.78 is 11.0. The lowest BCUT2D eigenvalue weighted by atomic mass is 9.79. The van der Waals surface area contributed by atoms with Crippen LogP contribution in [0.2, 0.25) is 0 Å². The molecule has 20 heavy (non-hydrogen) atoms. The van der Waals surface area contributed by atoms with Crippen LogP contribution in [0.1, 0.15) is 31.1 Å². The Labute approximate surface area is 119 Å².